The first-order valence-corrected chi connectivity index (χ1v) is 6.45. The van der Waals surface area contributed by atoms with Crippen molar-refractivity contribution in [1.82, 2.24) is 5.32 Å². The normalized spacial score (nSPS) is 21.6. The molecule has 18 heavy (non-hydrogen) atoms. The van der Waals surface area contributed by atoms with Crippen molar-refractivity contribution in [3.05, 3.63) is 33.3 Å². The van der Waals surface area contributed by atoms with Crippen molar-refractivity contribution in [3.8, 4) is 0 Å². The smallest absolute Gasteiger partial charge is 0.407 e. The highest BCUT2D eigenvalue weighted by atomic mass is 79.9. The van der Waals surface area contributed by atoms with E-state index in [1.165, 1.54) is 0 Å². The molecule has 1 aliphatic heterocycles. The van der Waals surface area contributed by atoms with Crippen molar-refractivity contribution in [3.63, 3.8) is 0 Å². The van der Waals surface area contributed by atoms with Gasteiger partial charge >= 0.3 is 6.09 Å². The van der Waals surface area contributed by atoms with Crippen LogP contribution in [-0.2, 0) is 4.74 Å². The van der Waals surface area contributed by atoms with E-state index >= 15 is 0 Å². The average Bonchev–Trinajstić information content (AvgIpc) is 2.23. The molecule has 1 aromatic carbocycles. The lowest BCUT2D eigenvalue weighted by atomic mass is 9.80. The van der Waals surface area contributed by atoms with Crippen LogP contribution in [0, 0.1) is 5.41 Å². The first kappa shape index (κ1) is 15.6. The van der Waals surface area contributed by atoms with Crippen LogP contribution in [0.4, 0.5) is 4.79 Å². The number of carbonyl (C=O) groups is 1. The number of nitrogens with one attached hydrogen (secondary N) is 1. The van der Waals surface area contributed by atoms with Crippen molar-refractivity contribution in [2.45, 2.75) is 19.9 Å². The Morgan fingerprint density at radius 3 is 2.78 bits per heavy atom. The van der Waals surface area contributed by atoms with Gasteiger partial charge in [-0.1, -0.05) is 47.4 Å². The summed E-state index contributed by atoms with van der Waals surface area (Å²) in [6, 6.07) is 5.48. The Balaban J connectivity index is 0.00000162. The molecule has 0 aliphatic carbocycles. The minimum Gasteiger partial charge on any atom is -0.449 e. The molecule has 100 valence electrons. The van der Waals surface area contributed by atoms with Crippen LogP contribution in [0.2, 0.25) is 5.02 Å². The summed E-state index contributed by atoms with van der Waals surface area (Å²) in [4.78, 5) is 11.3. The summed E-state index contributed by atoms with van der Waals surface area (Å²) < 4.78 is 5.91. The quantitative estimate of drug-likeness (QED) is 0.814. The number of ether oxygens (including phenoxy) is 1. The molecule has 1 aromatic rings. The first-order chi connectivity index (χ1) is 7.90. The number of cyclic esters (lactones) is 1. The molecule has 1 N–H and O–H groups in total. The molecule has 0 saturated carbocycles. The lowest BCUT2D eigenvalue weighted by Crippen LogP contribution is -2.47. The van der Waals surface area contributed by atoms with E-state index in [4.69, 9.17) is 16.3 Å². The van der Waals surface area contributed by atoms with Gasteiger partial charge in [-0.3, -0.25) is 0 Å². The van der Waals surface area contributed by atoms with Gasteiger partial charge in [-0.15, -0.1) is 12.4 Å². The minimum absolute atomic E-state index is 0. The largest absolute Gasteiger partial charge is 0.449 e. The van der Waals surface area contributed by atoms with Crippen LogP contribution < -0.4 is 5.32 Å². The van der Waals surface area contributed by atoms with E-state index in [1.807, 2.05) is 18.2 Å². The van der Waals surface area contributed by atoms with E-state index in [1.54, 1.807) is 0 Å². The van der Waals surface area contributed by atoms with E-state index in [-0.39, 0.29) is 30.0 Å². The number of hydrogen-bond donors (Lipinski definition) is 1. The van der Waals surface area contributed by atoms with Crippen LogP contribution in [0.15, 0.2) is 22.7 Å². The van der Waals surface area contributed by atoms with Crippen molar-refractivity contribution in [1.29, 1.82) is 0 Å². The standard InChI is InChI=1S/C12H13BrClNO2.ClH/c1-12(2)6-17-11(16)15-10(12)8-4-3-7(14)5-9(8)13;/h3-5,10H,6H2,1-2H3,(H,15,16);1H/t10-;/m0./s1. The van der Waals surface area contributed by atoms with Gasteiger partial charge in [0.05, 0.1) is 6.04 Å². The maximum atomic E-state index is 11.3. The molecule has 0 bridgehead atoms. The number of rotatable bonds is 1. The molecule has 1 atom stereocenters. The van der Waals surface area contributed by atoms with Crippen LogP contribution >= 0.6 is 39.9 Å². The number of halogens is 3. The number of hydrogen-bond acceptors (Lipinski definition) is 2. The van der Waals surface area contributed by atoms with Crippen LogP contribution in [0.25, 0.3) is 0 Å². The molecular weight excluding hydrogens is 341 g/mol. The molecule has 1 heterocycles. The summed E-state index contributed by atoms with van der Waals surface area (Å²) in [6.07, 6.45) is -0.379. The van der Waals surface area contributed by atoms with Crippen molar-refractivity contribution >= 4 is 46.0 Å². The van der Waals surface area contributed by atoms with Gasteiger partial charge in [-0.25, -0.2) is 4.79 Å². The third-order valence-corrected chi connectivity index (χ3v) is 3.81. The van der Waals surface area contributed by atoms with E-state index in [2.05, 4.69) is 35.1 Å². The Hall–Kier alpha value is -0.450. The summed E-state index contributed by atoms with van der Waals surface area (Å²) in [7, 11) is 0. The van der Waals surface area contributed by atoms with Gasteiger partial charge in [0.25, 0.3) is 0 Å². The number of benzene rings is 1. The molecule has 6 heteroatoms. The van der Waals surface area contributed by atoms with Gasteiger partial charge in [-0.2, -0.15) is 0 Å². The number of alkyl carbamates (subject to hydrolysis) is 1. The zero-order chi connectivity index (χ0) is 12.6. The molecule has 0 spiro atoms. The van der Waals surface area contributed by atoms with Crippen molar-refractivity contribution < 1.29 is 9.53 Å². The molecule has 0 aromatic heterocycles. The predicted octanol–water partition coefficient (Wildman–Crippen LogP) is 4.33. The monoisotopic (exact) mass is 353 g/mol. The predicted molar refractivity (Wildman–Crippen MR) is 77.4 cm³/mol. The zero-order valence-electron chi connectivity index (χ0n) is 10.00. The average molecular weight is 355 g/mol. The molecule has 0 radical (unpaired) electrons. The summed E-state index contributed by atoms with van der Waals surface area (Å²) >= 11 is 9.39. The fraction of sp³-hybridized carbons (Fsp3) is 0.417. The van der Waals surface area contributed by atoms with Crippen molar-refractivity contribution in [2.75, 3.05) is 6.61 Å². The summed E-state index contributed by atoms with van der Waals surface area (Å²) in [6.45, 7) is 4.51. The molecule has 1 fully saturated rings. The summed E-state index contributed by atoms with van der Waals surface area (Å²) in [5.41, 5.74) is 0.848. The SMILES string of the molecule is CC1(C)COC(=O)N[C@H]1c1ccc(Cl)cc1Br.Cl. The van der Waals surface area contributed by atoms with E-state index in [0.29, 0.717) is 11.6 Å². The Labute approximate surface area is 126 Å². The van der Waals surface area contributed by atoms with Crippen LogP contribution in [0.3, 0.4) is 0 Å². The van der Waals surface area contributed by atoms with Gasteiger partial charge in [0.15, 0.2) is 0 Å². The van der Waals surface area contributed by atoms with E-state index < -0.39 is 0 Å². The highest BCUT2D eigenvalue weighted by molar-refractivity contribution is 9.10. The summed E-state index contributed by atoms with van der Waals surface area (Å²) in [5, 5.41) is 3.51. The maximum absolute atomic E-state index is 11.3. The third-order valence-electron chi connectivity index (χ3n) is 2.89. The zero-order valence-corrected chi connectivity index (χ0v) is 13.2. The van der Waals surface area contributed by atoms with E-state index in [9.17, 15) is 4.79 Å². The fourth-order valence-corrected chi connectivity index (χ4v) is 2.84. The number of amides is 1. The summed E-state index contributed by atoms with van der Waals surface area (Å²) in [5.74, 6) is 0. The second-order valence-electron chi connectivity index (χ2n) is 4.81. The second-order valence-corrected chi connectivity index (χ2v) is 6.10. The molecule has 2 rings (SSSR count). The topological polar surface area (TPSA) is 38.3 Å². The Morgan fingerprint density at radius 1 is 1.50 bits per heavy atom. The lowest BCUT2D eigenvalue weighted by molar-refractivity contribution is 0.0385. The fourth-order valence-electron chi connectivity index (χ4n) is 1.92. The van der Waals surface area contributed by atoms with Gasteiger partial charge in [0, 0.05) is 14.9 Å². The van der Waals surface area contributed by atoms with Crippen LogP contribution in [0.1, 0.15) is 25.5 Å². The molecular formula is C12H14BrCl2NO2. The number of carbonyl (C=O) groups excluding carboxylic acids is 1. The first-order valence-electron chi connectivity index (χ1n) is 5.28. The maximum Gasteiger partial charge on any atom is 0.407 e. The highest BCUT2D eigenvalue weighted by Gasteiger charge is 2.38. The Morgan fingerprint density at radius 2 is 2.17 bits per heavy atom. The lowest BCUT2D eigenvalue weighted by Gasteiger charge is -2.39. The van der Waals surface area contributed by atoms with Crippen molar-refractivity contribution in [2.24, 2.45) is 5.41 Å². The third kappa shape index (κ3) is 3.11. The minimum atomic E-state index is -0.379. The van der Waals surface area contributed by atoms with Gasteiger partial charge in [-0.05, 0) is 17.7 Å². The van der Waals surface area contributed by atoms with Gasteiger partial charge < -0.3 is 10.1 Å². The van der Waals surface area contributed by atoms with Gasteiger partial charge in [0.1, 0.15) is 6.61 Å². The second kappa shape index (κ2) is 5.68. The molecule has 1 saturated heterocycles. The van der Waals surface area contributed by atoms with Gasteiger partial charge in [0.2, 0.25) is 0 Å². The van der Waals surface area contributed by atoms with E-state index in [0.717, 1.165) is 10.0 Å². The molecule has 1 amide bonds. The molecule has 1 aliphatic rings. The highest BCUT2D eigenvalue weighted by Crippen LogP contribution is 2.39. The van der Waals surface area contributed by atoms with Crippen LogP contribution in [-0.4, -0.2) is 12.7 Å². The van der Waals surface area contributed by atoms with Crippen LogP contribution in [0.5, 0.6) is 0 Å². The molecule has 3 nitrogen and oxygen atoms in total. The Bertz CT molecular complexity index is 465. The Kier molecular flexibility index (Phi) is 4.92. The molecule has 0 unspecified atom stereocenters.